The normalized spacial score (nSPS) is 11.5. The standard InChI is InChI=1S/C10H8ClN3O4S/c1-19(17,18)7-4-13-14(5-7)9-8(11)2-6(3-12-9)10(15)16/h2-5H,1H3,(H,15,16). The molecule has 0 amide bonds. The molecule has 2 heterocycles. The molecule has 0 aliphatic carbocycles. The lowest BCUT2D eigenvalue weighted by Crippen LogP contribution is -2.03. The van der Waals surface area contributed by atoms with Crippen molar-refractivity contribution in [2.24, 2.45) is 0 Å². The monoisotopic (exact) mass is 301 g/mol. The maximum atomic E-state index is 11.3. The van der Waals surface area contributed by atoms with Crippen molar-refractivity contribution in [1.29, 1.82) is 0 Å². The molecule has 2 aromatic heterocycles. The molecule has 0 saturated heterocycles. The Labute approximate surface area is 113 Å². The second-order valence-electron chi connectivity index (χ2n) is 3.73. The summed E-state index contributed by atoms with van der Waals surface area (Å²) in [4.78, 5) is 14.6. The molecule has 2 rings (SSSR count). The van der Waals surface area contributed by atoms with Crippen molar-refractivity contribution in [3.63, 3.8) is 0 Å². The van der Waals surface area contributed by atoms with Gasteiger partial charge in [-0.15, -0.1) is 0 Å². The molecule has 1 N–H and O–H groups in total. The Morgan fingerprint density at radius 3 is 2.58 bits per heavy atom. The van der Waals surface area contributed by atoms with Gasteiger partial charge in [0.25, 0.3) is 0 Å². The average Bonchev–Trinajstić information content (AvgIpc) is 2.77. The van der Waals surface area contributed by atoms with Gasteiger partial charge in [-0.25, -0.2) is 22.9 Å². The first-order valence-electron chi connectivity index (χ1n) is 4.93. The highest BCUT2D eigenvalue weighted by atomic mass is 35.5. The molecule has 0 radical (unpaired) electrons. The van der Waals surface area contributed by atoms with E-state index in [0.29, 0.717) is 0 Å². The summed E-state index contributed by atoms with van der Waals surface area (Å²) in [6, 6.07) is 1.22. The predicted molar refractivity (Wildman–Crippen MR) is 66.4 cm³/mol. The number of halogens is 1. The highest BCUT2D eigenvalue weighted by molar-refractivity contribution is 7.90. The van der Waals surface area contributed by atoms with Gasteiger partial charge in [-0.3, -0.25) is 0 Å². The van der Waals surface area contributed by atoms with Crippen molar-refractivity contribution in [2.75, 3.05) is 6.26 Å². The molecule has 7 nitrogen and oxygen atoms in total. The second kappa shape index (κ2) is 4.63. The van der Waals surface area contributed by atoms with Gasteiger partial charge >= 0.3 is 5.97 Å². The van der Waals surface area contributed by atoms with E-state index >= 15 is 0 Å². The lowest BCUT2D eigenvalue weighted by Gasteiger charge is -2.03. The fraction of sp³-hybridized carbons (Fsp3) is 0.100. The first-order chi connectivity index (χ1) is 8.79. The van der Waals surface area contributed by atoms with E-state index in [-0.39, 0.29) is 21.3 Å². The van der Waals surface area contributed by atoms with Crippen LogP contribution in [0.2, 0.25) is 5.02 Å². The minimum atomic E-state index is -3.37. The Hall–Kier alpha value is -1.93. The summed E-state index contributed by atoms with van der Waals surface area (Å²) in [6.07, 6.45) is 4.59. The first-order valence-corrected chi connectivity index (χ1v) is 7.20. The van der Waals surface area contributed by atoms with E-state index in [1.807, 2.05) is 0 Å². The summed E-state index contributed by atoms with van der Waals surface area (Å²) < 4.78 is 23.8. The molecule has 0 spiro atoms. The van der Waals surface area contributed by atoms with Crippen molar-refractivity contribution < 1.29 is 18.3 Å². The molecule has 100 valence electrons. The van der Waals surface area contributed by atoms with Crippen LogP contribution in [0.5, 0.6) is 0 Å². The van der Waals surface area contributed by atoms with E-state index in [2.05, 4.69) is 10.1 Å². The van der Waals surface area contributed by atoms with E-state index in [4.69, 9.17) is 16.7 Å². The van der Waals surface area contributed by atoms with Crippen LogP contribution in [-0.2, 0) is 9.84 Å². The zero-order valence-electron chi connectivity index (χ0n) is 9.61. The molecule has 0 unspecified atom stereocenters. The third kappa shape index (κ3) is 2.74. The van der Waals surface area contributed by atoms with E-state index in [9.17, 15) is 13.2 Å². The molecule has 0 fully saturated rings. The third-order valence-corrected chi connectivity index (χ3v) is 3.62. The maximum absolute atomic E-state index is 11.3. The summed E-state index contributed by atoms with van der Waals surface area (Å²) in [5, 5.41) is 12.7. The summed E-state index contributed by atoms with van der Waals surface area (Å²) in [5.74, 6) is -1.00. The lowest BCUT2D eigenvalue weighted by molar-refractivity contribution is 0.0696. The number of carboxylic acid groups (broad SMARTS) is 1. The van der Waals surface area contributed by atoms with Crippen LogP contribution >= 0.6 is 11.6 Å². The van der Waals surface area contributed by atoms with Crippen molar-refractivity contribution in [3.8, 4) is 5.82 Å². The van der Waals surface area contributed by atoms with Crippen LogP contribution in [0.1, 0.15) is 10.4 Å². The van der Waals surface area contributed by atoms with Gasteiger partial charge in [0.15, 0.2) is 15.7 Å². The molecule has 0 aliphatic heterocycles. The van der Waals surface area contributed by atoms with Crippen LogP contribution < -0.4 is 0 Å². The number of rotatable bonds is 3. The van der Waals surface area contributed by atoms with Crippen LogP contribution in [-0.4, -0.2) is 40.5 Å². The molecule has 2 aromatic rings. The van der Waals surface area contributed by atoms with Crippen molar-refractivity contribution in [1.82, 2.24) is 14.8 Å². The van der Waals surface area contributed by atoms with E-state index in [1.54, 1.807) is 0 Å². The van der Waals surface area contributed by atoms with Gasteiger partial charge in [0.05, 0.1) is 23.0 Å². The van der Waals surface area contributed by atoms with Gasteiger partial charge in [0, 0.05) is 12.5 Å². The summed E-state index contributed by atoms with van der Waals surface area (Å²) >= 11 is 5.90. The molecule has 19 heavy (non-hydrogen) atoms. The number of carboxylic acids is 1. The quantitative estimate of drug-likeness (QED) is 0.908. The van der Waals surface area contributed by atoms with E-state index in [0.717, 1.165) is 12.5 Å². The lowest BCUT2D eigenvalue weighted by atomic mass is 10.3. The molecular formula is C10H8ClN3O4S. The molecule has 0 atom stereocenters. The predicted octanol–water partition coefficient (Wildman–Crippen LogP) is 1.02. The number of hydrogen-bond donors (Lipinski definition) is 1. The average molecular weight is 302 g/mol. The molecule has 0 aromatic carbocycles. The fourth-order valence-corrected chi connectivity index (χ4v) is 2.11. The largest absolute Gasteiger partial charge is 0.478 e. The van der Waals surface area contributed by atoms with Gasteiger partial charge in [-0.1, -0.05) is 11.6 Å². The Morgan fingerprint density at radius 1 is 1.42 bits per heavy atom. The number of aromatic nitrogens is 3. The van der Waals surface area contributed by atoms with Gasteiger partial charge in [-0.2, -0.15) is 5.10 Å². The highest BCUT2D eigenvalue weighted by Crippen LogP contribution is 2.20. The first kappa shape index (κ1) is 13.5. The summed E-state index contributed by atoms with van der Waals surface area (Å²) in [6.45, 7) is 0. The number of sulfone groups is 1. The number of aromatic carboxylic acids is 1. The maximum Gasteiger partial charge on any atom is 0.337 e. The number of carbonyl (C=O) groups is 1. The minimum absolute atomic E-state index is 0.0210. The molecular weight excluding hydrogens is 294 g/mol. The number of hydrogen-bond acceptors (Lipinski definition) is 5. The van der Waals surface area contributed by atoms with Crippen molar-refractivity contribution in [2.45, 2.75) is 4.90 Å². The Morgan fingerprint density at radius 2 is 2.11 bits per heavy atom. The minimum Gasteiger partial charge on any atom is -0.478 e. The van der Waals surface area contributed by atoms with Gasteiger partial charge < -0.3 is 5.11 Å². The fourth-order valence-electron chi connectivity index (χ4n) is 1.33. The van der Waals surface area contributed by atoms with Gasteiger partial charge in [0.1, 0.15) is 4.90 Å². The van der Waals surface area contributed by atoms with Crippen LogP contribution in [0.15, 0.2) is 29.6 Å². The Bertz CT molecular complexity index is 754. The van der Waals surface area contributed by atoms with Crippen molar-refractivity contribution in [3.05, 3.63) is 35.2 Å². The van der Waals surface area contributed by atoms with Crippen LogP contribution in [0.25, 0.3) is 5.82 Å². The second-order valence-corrected chi connectivity index (χ2v) is 6.15. The van der Waals surface area contributed by atoms with Gasteiger partial charge in [0.2, 0.25) is 0 Å². The van der Waals surface area contributed by atoms with Crippen LogP contribution in [0.3, 0.4) is 0 Å². The van der Waals surface area contributed by atoms with E-state index < -0.39 is 15.8 Å². The summed E-state index contributed by atoms with van der Waals surface area (Å²) in [7, 11) is -3.37. The third-order valence-electron chi connectivity index (χ3n) is 2.27. The molecule has 0 bridgehead atoms. The number of pyridine rings is 1. The van der Waals surface area contributed by atoms with Gasteiger partial charge in [-0.05, 0) is 6.07 Å². The van der Waals surface area contributed by atoms with E-state index in [1.165, 1.54) is 23.1 Å². The molecule has 9 heteroatoms. The summed E-state index contributed by atoms with van der Waals surface area (Å²) in [5.41, 5.74) is -0.0655. The topological polar surface area (TPSA) is 102 Å². The number of nitrogens with zero attached hydrogens (tertiary/aromatic N) is 3. The SMILES string of the molecule is CS(=O)(=O)c1cnn(-c2ncc(C(=O)O)cc2Cl)c1. The highest BCUT2D eigenvalue weighted by Gasteiger charge is 2.14. The van der Waals surface area contributed by atoms with Crippen molar-refractivity contribution >= 4 is 27.4 Å². The Kier molecular flexibility index (Phi) is 3.29. The van der Waals surface area contributed by atoms with Crippen LogP contribution in [0, 0.1) is 0 Å². The zero-order valence-corrected chi connectivity index (χ0v) is 11.2. The molecule has 0 aliphatic rings. The molecule has 0 saturated carbocycles. The zero-order chi connectivity index (χ0) is 14.2. The Balaban J connectivity index is 2.48. The van der Waals surface area contributed by atoms with Crippen LogP contribution in [0.4, 0.5) is 0 Å². The smallest absolute Gasteiger partial charge is 0.337 e.